The van der Waals surface area contributed by atoms with Crippen LogP contribution < -0.4 is 0 Å². The quantitative estimate of drug-likeness (QED) is 0.773. The number of carbonyl (C=O) groups excluding carboxylic acids is 1. The fourth-order valence-electron chi connectivity index (χ4n) is 2.66. The largest absolute Gasteiger partial charge is 0.424 e. The Morgan fingerprint density at radius 3 is 2.59 bits per heavy atom. The second kappa shape index (κ2) is 7.69. The van der Waals surface area contributed by atoms with Crippen LogP contribution in [0.3, 0.4) is 0 Å². The van der Waals surface area contributed by atoms with E-state index in [4.69, 9.17) is 4.42 Å². The van der Waals surface area contributed by atoms with Crippen LogP contribution in [-0.2, 0) is 11.3 Å². The monoisotopic (exact) mass is 309 g/mol. The molecule has 0 unspecified atom stereocenters. The molecule has 1 fully saturated rings. The Kier molecular flexibility index (Phi) is 5.90. The lowest BCUT2D eigenvalue weighted by Crippen LogP contribution is -2.48. The van der Waals surface area contributed by atoms with Crippen molar-refractivity contribution in [2.24, 2.45) is 0 Å². The first-order valence-electron chi connectivity index (χ1n) is 7.91. The normalized spacial score (nSPS) is 18.4. The standard InChI is InChI=1S/C15H27N5O2/c1-12(20-9-7-18(3)8-10-20)5-6-15(21)19(4)11-14-17-16-13(2)22-14/h12H,5-11H2,1-4H3/t12-/m0/s1. The Balaban J connectivity index is 1.72. The summed E-state index contributed by atoms with van der Waals surface area (Å²) in [5, 5.41) is 7.70. The molecule has 1 atom stereocenters. The maximum absolute atomic E-state index is 12.2. The third-order valence-electron chi connectivity index (χ3n) is 4.30. The third kappa shape index (κ3) is 4.78. The van der Waals surface area contributed by atoms with Gasteiger partial charge in [0, 0.05) is 52.6 Å². The highest BCUT2D eigenvalue weighted by Crippen LogP contribution is 2.11. The number of amides is 1. The zero-order valence-corrected chi connectivity index (χ0v) is 14.1. The molecule has 1 aromatic rings. The predicted molar refractivity (Wildman–Crippen MR) is 83.3 cm³/mol. The van der Waals surface area contributed by atoms with Crippen molar-refractivity contribution in [3.05, 3.63) is 11.8 Å². The van der Waals surface area contributed by atoms with Gasteiger partial charge < -0.3 is 14.2 Å². The fraction of sp³-hybridized carbons (Fsp3) is 0.800. The number of piperazine rings is 1. The Hall–Kier alpha value is -1.47. The lowest BCUT2D eigenvalue weighted by Gasteiger charge is -2.36. The molecule has 0 N–H and O–H groups in total. The molecule has 1 aromatic heterocycles. The van der Waals surface area contributed by atoms with E-state index in [1.807, 2.05) is 0 Å². The first-order valence-corrected chi connectivity index (χ1v) is 7.91. The van der Waals surface area contributed by atoms with Gasteiger partial charge in [0.05, 0.1) is 6.54 Å². The summed E-state index contributed by atoms with van der Waals surface area (Å²) in [6.07, 6.45) is 1.44. The highest BCUT2D eigenvalue weighted by molar-refractivity contribution is 5.75. The second-order valence-corrected chi connectivity index (χ2v) is 6.19. The van der Waals surface area contributed by atoms with Crippen molar-refractivity contribution in [2.75, 3.05) is 40.3 Å². The predicted octanol–water partition coefficient (Wildman–Crippen LogP) is 0.753. The molecule has 2 heterocycles. The SMILES string of the molecule is Cc1nnc(CN(C)C(=O)CC[C@H](C)N2CCN(C)CC2)o1. The van der Waals surface area contributed by atoms with E-state index in [-0.39, 0.29) is 5.91 Å². The summed E-state index contributed by atoms with van der Waals surface area (Å²) in [6, 6.07) is 0.441. The van der Waals surface area contributed by atoms with Gasteiger partial charge in [-0.1, -0.05) is 0 Å². The molecular weight excluding hydrogens is 282 g/mol. The van der Waals surface area contributed by atoms with Gasteiger partial charge in [-0.15, -0.1) is 10.2 Å². The number of hydrogen-bond acceptors (Lipinski definition) is 6. The molecule has 1 amide bonds. The minimum atomic E-state index is 0.122. The Labute approximate surface area is 132 Å². The van der Waals surface area contributed by atoms with Gasteiger partial charge in [-0.05, 0) is 20.4 Å². The molecule has 2 rings (SSSR count). The van der Waals surface area contributed by atoms with Gasteiger partial charge in [0.15, 0.2) is 0 Å². The zero-order valence-electron chi connectivity index (χ0n) is 14.1. The van der Waals surface area contributed by atoms with E-state index in [1.54, 1.807) is 18.9 Å². The van der Waals surface area contributed by atoms with Gasteiger partial charge in [-0.3, -0.25) is 9.69 Å². The molecular formula is C15H27N5O2. The van der Waals surface area contributed by atoms with Crippen LogP contribution in [0.1, 0.15) is 31.5 Å². The molecule has 0 bridgehead atoms. The van der Waals surface area contributed by atoms with Crippen molar-refractivity contribution in [2.45, 2.75) is 39.3 Å². The van der Waals surface area contributed by atoms with E-state index < -0.39 is 0 Å². The van der Waals surface area contributed by atoms with Crippen LogP contribution in [0.25, 0.3) is 0 Å². The van der Waals surface area contributed by atoms with E-state index in [0.29, 0.717) is 30.8 Å². The minimum absolute atomic E-state index is 0.122. The van der Waals surface area contributed by atoms with Crippen LogP contribution in [-0.4, -0.2) is 77.1 Å². The van der Waals surface area contributed by atoms with Gasteiger partial charge in [0.25, 0.3) is 0 Å². The highest BCUT2D eigenvalue weighted by Gasteiger charge is 2.20. The van der Waals surface area contributed by atoms with Crippen molar-refractivity contribution in [3.63, 3.8) is 0 Å². The number of carbonyl (C=O) groups is 1. The molecule has 0 spiro atoms. The lowest BCUT2D eigenvalue weighted by atomic mass is 10.1. The first-order chi connectivity index (χ1) is 10.5. The molecule has 22 heavy (non-hydrogen) atoms. The van der Waals surface area contributed by atoms with E-state index >= 15 is 0 Å². The molecule has 1 saturated heterocycles. The molecule has 7 heteroatoms. The van der Waals surface area contributed by atoms with Crippen molar-refractivity contribution in [3.8, 4) is 0 Å². The summed E-state index contributed by atoms with van der Waals surface area (Å²) in [6.45, 7) is 8.72. The van der Waals surface area contributed by atoms with E-state index in [1.165, 1.54) is 0 Å². The molecule has 1 aliphatic rings. The van der Waals surface area contributed by atoms with Gasteiger partial charge in [-0.2, -0.15) is 0 Å². The molecule has 0 aromatic carbocycles. The Morgan fingerprint density at radius 2 is 2.00 bits per heavy atom. The van der Waals surface area contributed by atoms with Crippen LogP contribution in [0.15, 0.2) is 4.42 Å². The highest BCUT2D eigenvalue weighted by atomic mass is 16.4. The van der Waals surface area contributed by atoms with Gasteiger partial charge in [-0.25, -0.2) is 0 Å². The number of likely N-dealkylation sites (N-methyl/N-ethyl adjacent to an activating group) is 1. The van der Waals surface area contributed by atoms with Gasteiger partial charge in [0.1, 0.15) is 0 Å². The zero-order chi connectivity index (χ0) is 16.1. The first kappa shape index (κ1) is 16.9. The average Bonchev–Trinajstić information content (AvgIpc) is 2.90. The smallest absolute Gasteiger partial charge is 0.235 e. The molecule has 0 saturated carbocycles. The van der Waals surface area contributed by atoms with E-state index in [0.717, 1.165) is 32.6 Å². The van der Waals surface area contributed by atoms with Crippen molar-refractivity contribution in [1.29, 1.82) is 0 Å². The Bertz CT molecular complexity index is 482. The van der Waals surface area contributed by atoms with Crippen LogP contribution in [0.2, 0.25) is 0 Å². The third-order valence-corrected chi connectivity index (χ3v) is 4.30. The molecule has 124 valence electrons. The summed E-state index contributed by atoms with van der Waals surface area (Å²) >= 11 is 0. The number of hydrogen-bond donors (Lipinski definition) is 0. The van der Waals surface area contributed by atoms with Gasteiger partial charge in [0.2, 0.25) is 17.7 Å². The number of nitrogens with zero attached hydrogens (tertiary/aromatic N) is 5. The van der Waals surface area contributed by atoms with Crippen molar-refractivity contribution >= 4 is 5.91 Å². The van der Waals surface area contributed by atoms with Crippen molar-refractivity contribution < 1.29 is 9.21 Å². The van der Waals surface area contributed by atoms with E-state index in [9.17, 15) is 4.79 Å². The summed E-state index contributed by atoms with van der Waals surface area (Å²) < 4.78 is 5.31. The summed E-state index contributed by atoms with van der Waals surface area (Å²) in [5.41, 5.74) is 0. The second-order valence-electron chi connectivity index (χ2n) is 6.19. The van der Waals surface area contributed by atoms with Crippen molar-refractivity contribution in [1.82, 2.24) is 24.9 Å². The van der Waals surface area contributed by atoms with Crippen LogP contribution in [0.4, 0.5) is 0 Å². The Morgan fingerprint density at radius 1 is 1.32 bits per heavy atom. The molecule has 0 radical (unpaired) electrons. The van der Waals surface area contributed by atoms with Crippen LogP contribution in [0.5, 0.6) is 0 Å². The maximum atomic E-state index is 12.2. The minimum Gasteiger partial charge on any atom is -0.424 e. The maximum Gasteiger partial charge on any atom is 0.235 e. The summed E-state index contributed by atoms with van der Waals surface area (Å²) in [7, 11) is 3.93. The van der Waals surface area contributed by atoms with Gasteiger partial charge >= 0.3 is 0 Å². The number of rotatable bonds is 6. The molecule has 1 aliphatic heterocycles. The lowest BCUT2D eigenvalue weighted by molar-refractivity contribution is -0.131. The summed E-state index contributed by atoms with van der Waals surface area (Å²) in [4.78, 5) is 18.7. The topological polar surface area (TPSA) is 65.7 Å². The van der Waals surface area contributed by atoms with Crippen LogP contribution in [0, 0.1) is 6.92 Å². The van der Waals surface area contributed by atoms with E-state index in [2.05, 4.69) is 34.0 Å². The van der Waals surface area contributed by atoms with Crippen LogP contribution >= 0.6 is 0 Å². The fourth-order valence-corrected chi connectivity index (χ4v) is 2.66. The number of aromatic nitrogens is 2. The molecule has 0 aliphatic carbocycles. The average molecular weight is 309 g/mol. The summed E-state index contributed by atoms with van der Waals surface area (Å²) in [5.74, 6) is 1.14. The molecule has 7 nitrogen and oxygen atoms in total. The number of aryl methyl sites for hydroxylation is 1.